The van der Waals surface area contributed by atoms with Crippen molar-refractivity contribution in [2.75, 3.05) is 6.54 Å². The molecular formula is C20H19FN4O4. The summed E-state index contributed by atoms with van der Waals surface area (Å²) < 4.78 is 13.6. The molecule has 2 aromatic carbocycles. The lowest BCUT2D eigenvalue weighted by atomic mass is 9.91. The SMILES string of the molecule is Cc1ccc([C@@]2(C)NC(=O)N(CC(=O)NNC(=O)c3ccccc3F)C2=O)cc1. The van der Waals surface area contributed by atoms with Gasteiger partial charge in [0.2, 0.25) is 0 Å². The van der Waals surface area contributed by atoms with Crippen molar-refractivity contribution in [1.29, 1.82) is 0 Å². The van der Waals surface area contributed by atoms with E-state index in [-0.39, 0.29) is 5.56 Å². The van der Waals surface area contributed by atoms with Gasteiger partial charge in [-0.1, -0.05) is 42.0 Å². The Morgan fingerprint density at radius 3 is 2.38 bits per heavy atom. The largest absolute Gasteiger partial charge is 0.325 e. The van der Waals surface area contributed by atoms with Gasteiger partial charge in [0.25, 0.3) is 17.7 Å². The van der Waals surface area contributed by atoms with Gasteiger partial charge in [-0.3, -0.25) is 30.1 Å². The Morgan fingerprint density at radius 1 is 1.07 bits per heavy atom. The highest BCUT2D eigenvalue weighted by molar-refractivity contribution is 6.09. The highest BCUT2D eigenvalue weighted by Crippen LogP contribution is 2.28. The highest BCUT2D eigenvalue weighted by atomic mass is 19.1. The first kappa shape index (κ1) is 20.0. The summed E-state index contributed by atoms with van der Waals surface area (Å²) in [5.41, 5.74) is 4.14. The van der Waals surface area contributed by atoms with Crippen molar-refractivity contribution < 1.29 is 23.6 Å². The summed E-state index contributed by atoms with van der Waals surface area (Å²) in [4.78, 5) is 49.8. The maximum absolute atomic E-state index is 13.6. The van der Waals surface area contributed by atoms with Gasteiger partial charge < -0.3 is 5.32 Å². The number of nitrogens with one attached hydrogen (secondary N) is 3. The van der Waals surface area contributed by atoms with Crippen LogP contribution in [0.1, 0.15) is 28.4 Å². The van der Waals surface area contributed by atoms with Crippen LogP contribution >= 0.6 is 0 Å². The normalized spacial score (nSPS) is 18.4. The molecule has 9 heteroatoms. The number of urea groups is 1. The Balaban J connectivity index is 1.64. The van der Waals surface area contributed by atoms with Crippen LogP contribution in [0.25, 0.3) is 0 Å². The fourth-order valence-corrected chi connectivity index (χ4v) is 2.95. The van der Waals surface area contributed by atoms with Crippen molar-refractivity contribution in [2.24, 2.45) is 0 Å². The number of rotatable bonds is 4. The third kappa shape index (κ3) is 3.93. The zero-order valence-corrected chi connectivity index (χ0v) is 15.8. The van der Waals surface area contributed by atoms with E-state index in [1.165, 1.54) is 18.2 Å². The first-order chi connectivity index (χ1) is 13.7. The predicted molar refractivity (Wildman–Crippen MR) is 101 cm³/mol. The van der Waals surface area contributed by atoms with Crippen molar-refractivity contribution in [3.05, 3.63) is 71.0 Å². The number of carbonyl (C=O) groups is 4. The maximum Gasteiger partial charge on any atom is 0.325 e. The maximum atomic E-state index is 13.6. The molecule has 8 nitrogen and oxygen atoms in total. The highest BCUT2D eigenvalue weighted by Gasteiger charge is 2.49. The van der Waals surface area contributed by atoms with Crippen molar-refractivity contribution in [3.8, 4) is 0 Å². The van der Waals surface area contributed by atoms with E-state index in [9.17, 15) is 23.6 Å². The third-order valence-electron chi connectivity index (χ3n) is 4.64. The van der Waals surface area contributed by atoms with Gasteiger partial charge in [-0.05, 0) is 31.5 Å². The smallest absolute Gasteiger partial charge is 0.319 e. The fourth-order valence-electron chi connectivity index (χ4n) is 2.95. The van der Waals surface area contributed by atoms with Gasteiger partial charge in [0.15, 0.2) is 0 Å². The lowest BCUT2D eigenvalue weighted by molar-refractivity contribution is -0.135. The van der Waals surface area contributed by atoms with Gasteiger partial charge in [-0.25, -0.2) is 9.18 Å². The van der Waals surface area contributed by atoms with Crippen molar-refractivity contribution in [3.63, 3.8) is 0 Å². The van der Waals surface area contributed by atoms with Gasteiger partial charge in [-0.2, -0.15) is 0 Å². The Hall–Kier alpha value is -3.75. The molecule has 1 heterocycles. The summed E-state index contributed by atoms with van der Waals surface area (Å²) in [5, 5.41) is 2.59. The molecular weight excluding hydrogens is 379 g/mol. The lowest BCUT2D eigenvalue weighted by Gasteiger charge is -2.22. The molecule has 150 valence electrons. The van der Waals surface area contributed by atoms with E-state index in [4.69, 9.17) is 0 Å². The number of carbonyl (C=O) groups excluding carboxylic acids is 4. The van der Waals surface area contributed by atoms with Gasteiger partial charge in [-0.15, -0.1) is 0 Å². The Kier molecular flexibility index (Phi) is 5.31. The summed E-state index contributed by atoms with van der Waals surface area (Å²) in [6.45, 7) is 2.84. The number of halogens is 1. The first-order valence-electron chi connectivity index (χ1n) is 8.77. The minimum Gasteiger partial charge on any atom is -0.319 e. The molecule has 0 unspecified atom stereocenters. The van der Waals surface area contributed by atoms with Crippen LogP contribution in [0.4, 0.5) is 9.18 Å². The van der Waals surface area contributed by atoms with E-state index in [1.54, 1.807) is 19.1 Å². The zero-order valence-electron chi connectivity index (χ0n) is 15.8. The molecule has 0 saturated carbocycles. The van der Waals surface area contributed by atoms with E-state index >= 15 is 0 Å². The van der Waals surface area contributed by atoms with Crippen LogP contribution < -0.4 is 16.2 Å². The Labute approximate surface area is 166 Å². The van der Waals surface area contributed by atoms with Crippen LogP contribution in [0.3, 0.4) is 0 Å². The number of imide groups is 1. The minimum atomic E-state index is -1.30. The fraction of sp³-hybridized carbons (Fsp3) is 0.200. The lowest BCUT2D eigenvalue weighted by Crippen LogP contribution is -2.48. The number of benzene rings is 2. The second kappa shape index (κ2) is 7.70. The summed E-state index contributed by atoms with van der Waals surface area (Å²) in [5.74, 6) is -3.02. The Morgan fingerprint density at radius 2 is 1.72 bits per heavy atom. The number of amides is 5. The van der Waals surface area contributed by atoms with E-state index in [0.29, 0.717) is 5.56 Å². The van der Waals surface area contributed by atoms with Crippen LogP contribution in [0.15, 0.2) is 48.5 Å². The Bertz CT molecular complexity index is 992. The summed E-state index contributed by atoms with van der Waals surface area (Å²) in [6, 6.07) is 11.6. The minimum absolute atomic E-state index is 0.255. The quantitative estimate of drug-likeness (QED) is 0.534. The summed E-state index contributed by atoms with van der Waals surface area (Å²) in [6.07, 6.45) is 0. The molecule has 5 amide bonds. The van der Waals surface area contributed by atoms with Crippen LogP contribution in [-0.2, 0) is 15.1 Å². The molecule has 0 aromatic heterocycles. The van der Waals surface area contributed by atoms with Gasteiger partial charge in [0.1, 0.15) is 17.9 Å². The molecule has 0 aliphatic carbocycles. The molecule has 3 N–H and O–H groups in total. The van der Waals surface area contributed by atoms with Gasteiger partial charge in [0, 0.05) is 0 Å². The molecule has 2 aromatic rings. The molecule has 1 saturated heterocycles. The average Bonchev–Trinajstić information content (AvgIpc) is 2.91. The first-order valence-corrected chi connectivity index (χ1v) is 8.77. The van der Waals surface area contributed by atoms with Crippen LogP contribution in [0.5, 0.6) is 0 Å². The topological polar surface area (TPSA) is 108 Å². The van der Waals surface area contributed by atoms with E-state index in [0.717, 1.165) is 16.5 Å². The van der Waals surface area contributed by atoms with E-state index < -0.39 is 41.7 Å². The monoisotopic (exact) mass is 398 g/mol. The molecule has 1 atom stereocenters. The molecule has 29 heavy (non-hydrogen) atoms. The zero-order chi connectivity index (χ0) is 21.2. The van der Waals surface area contributed by atoms with E-state index in [2.05, 4.69) is 16.2 Å². The number of aryl methyl sites for hydroxylation is 1. The molecule has 1 aliphatic rings. The molecule has 1 aliphatic heterocycles. The van der Waals surface area contributed by atoms with E-state index in [1.807, 2.05) is 19.1 Å². The van der Waals surface area contributed by atoms with Gasteiger partial charge in [0.05, 0.1) is 5.56 Å². The van der Waals surface area contributed by atoms with Crippen LogP contribution in [0.2, 0.25) is 0 Å². The second-order valence-corrected chi connectivity index (χ2v) is 6.79. The van der Waals surface area contributed by atoms with Crippen LogP contribution in [-0.4, -0.2) is 35.2 Å². The third-order valence-corrected chi connectivity index (χ3v) is 4.64. The molecule has 0 spiro atoms. The predicted octanol–water partition coefficient (Wildman–Crippen LogP) is 1.36. The number of hydrazine groups is 1. The van der Waals surface area contributed by atoms with Crippen molar-refractivity contribution in [2.45, 2.75) is 19.4 Å². The average molecular weight is 398 g/mol. The number of hydrogen-bond acceptors (Lipinski definition) is 4. The molecule has 0 bridgehead atoms. The van der Waals surface area contributed by atoms with Crippen LogP contribution in [0, 0.1) is 12.7 Å². The molecule has 3 rings (SSSR count). The second-order valence-electron chi connectivity index (χ2n) is 6.79. The van der Waals surface area contributed by atoms with Crippen molar-refractivity contribution in [1.82, 2.24) is 21.1 Å². The summed E-state index contributed by atoms with van der Waals surface area (Å²) in [7, 11) is 0. The molecule has 0 radical (unpaired) electrons. The summed E-state index contributed by atoms with van der Waals surface area (Å²) >= 11 is 0. The number of nitrogens with zero attached hydrogens (tertiary/aromatic N) is 1. The van der Waals surface area contributed by atoms with Crippen molar-refractivity contribution >= 4 is 23.8 Å². The molecule has 1 fully saturated rings. The standard InChI is InChI=1S/C20H19FN4O4/c1-12-7-9-13(10-8-12)20(2)18(28)25(19(29)22-20)11-16(26)23-24-17(27)14-5-3-4-6-15(14)21/h3-10H,11H2,1-2H3,(H,22,29)(H,23,26)(H,24,27)/t20-/m1/s1. The number of hydrogen-bond donors (Lipinski definition) is 3. The van der Waals surface area contributed by atoms with Gasteiger partial charge >= 0.3 is 6.03 Å².